The highest BCUT2D eigenvalue weighted by Crippen LogP contribution is 2.26. The molecule has 0 spiro atoms. The number of likely N-dealkylation sites (tertiary alicyclic amines) is 1. The molecule has 0 aliphatic carbocycles. The van der Waals surface area contributed by atoms with E-state index in [2.05, 4.69) is 10.2 Å². The monoisotopic (exact) mass is 426 g/mol. The summed E-state index contributed by atoms with van der Waals surface area (Å²) in [5, 5.41) is 5.06. The number of nitrogens with zero attached hydrogens (tertiary/aromatic N) is 1. The number of amides is 1. The Bertz CT molecular complexity index is 1010. The van der Waals surface area contributed by atoms with Crippen molar-refractivity contribution >= 4 is 17.2 Å². The van der Waals surface area contributed by atoms with E-state index in [0.717, 1.165) is 41.5 Å². The number of carbonyl (C=O) groups is 1. The van der Waals surface area contributed by atoms with Gasteiger partial charge in [0.05, 0.1) is 12.5 Å². The number of carbonyl (C=O) groups excluding carboxylic acids is 1. The molecule has 30 heavy (non-hydrogen) atoms. The van der Waals surface area contributed by atoms with Gasteiger partial charge in [0, 0.05) is 29.6 Å². The summed E-state index contributed by atoms with van der Waals surface area (Å²) in [6, 6.07) is 15.3. The number of nitrogens with one attached hydrogen (secondary N) is 1. The molecule has 3 nitrogen and oxygen atoms in total. The second-order valence-electron chi connectivity index (χ2n) is 7.70. The fraction of sp³-hybridized carbons (Fsp3) is 0.292. The van der Waals surface area contributed by atoms with Crippen molar-refractivity contribution < 1.29 is 13.6 Å². The molecule has 4 rings (SSSR count). The van der Waals surface area contributed by atoms with Crippen LogP contribution in [0.15, 0.2) is 60.0 Å². The largest absolute Gasteiger partial charge is 0.351 e. The van der Waals surface area contributed by atoms with Gasteiger partial charge in [-0.25, -0.2) is 8.78 Å². The van der Waals surface area contributed by atoms with Gasteiger partial charge in [-0.3, -0.25) is 9.69 Å². The highest BCUT2D eigenvalue weighted by Gasteiger charge is 2.25. The number of thiophene rings is 1. The Morgan fingerprint density at radius 1 is 1.13 bits per heavy atom. The Labute approximate surface area is 179 Å². The average molecular weight is 427 g/mol. The second kappa shape index (κ2) is 9.49. The minimum Gasteiger partial charge on any atom is -0.351 e. The Balaban J connectivity index is 1.38. The van der Waals surface area contributed by atoms with Crippen LogP contribution < -0.4 is 5.32 Å². The van der Waals surface area contributed by atoms with E-state index >= 15 is 0 Å². The highest BCUT2D eigenvalue weighted by atomic mass is 32.1. The fourth-order valence-electron chi connectivity index (χ4n) is 3.96. The molecule has 0 radical (unpaired) electrons. The summed E-state index contributed by atoms with van der Waals surface area (Å²) in [7, 11) is 0. The molecule has 1 fully saturated rings. The Morgan fingerprint density at radius 3 is 2.83 bits per heavy atom. The third-order valence-corrected chi connectivity index (χ3v) is 6.34. The normalized spacial score (nSPS) is 17.1. The predicted molar refractivity (Wildman–Crippen MR) is 116 cm³/mol. The van der Waals surface area contributed by atoms with Gasteiger partial charge < -0.3 is 5.32 Å². The SMILES string of the molecule is O=C(NCc1cccs1)C1CCCN(Cc2cccc(-c3ccc(F)cc3F)c2)C1. The van der Waals surface area contributed by atoms with E-state index in [1.54, 1.807) is 11.3 Å². The third-order valence-electron chi connectivity index (χ3n) is 5.47. The maximum atomic E-state index is 14.1. The van der Waals surface area contributed by atoms with Crippen LogP contribution in [0.4, 0.5) is 8.78 Å². The molecular formula is C24H24F2N2OS. The summed E-state index contributed by atoms with van der Waals surface area (Å²) in [4.78, 5) is 16.0. The molecule has 2 heterocycles. The topological polar surface area (TPSA) is 32.3 Å². The van der Waals surface area contributed by atoms with E-state index in [9.17, 15) is 13.6 Å². The molecule has 1 N–H and O–H groups in total. The zero-order valence-corrected chi connectivity index (χ0v) is 17.4. The van der Waals surface area contributed by atoms with Crippen LogP contribution >= 0.6 is 11.3 Å². The summed E-state index contributed by atoms with van der Waals surface area (Å²) in [5.74, 6) is -1.05. The van der Waals surface area contributed by atoms with Gasteiger partial charge in [-0.05, 0) is 60.2 Å². The summed E-state index contributed by atoms with van der Waals surface area (Å²) in [6.07, 6.45) is 1.87. The van der Waals surface area contributed by atoms with Crippen molar-refractivity contribution in [2.24, 2.45) is 5.92 Å². The smallest absolute Gasteiger partial charge is 0.224 e. The zero-order valence-electron chi connectivity index (χ0n) is 16.6. The highest BCUT2D eigenvalue weighted by molar-refractivity contribution is 7.09. The van der Waals surface area contributed by atoms with Gasteiger partial charge >= 0.3 is 0 Å². The van der Waals surface area contributed by atoms with E-state index in [-0.39, 0.29) is 11.8 Å². The van der Waals surface area contributed by atoms with Crippen molar-refractivity contribution in [2.75, 3.05) is 13.1 Å². The molecule has 1 atom stereocenters. The summed E-state index contributed by atoms with van der Waals surface area (Å²) in [6.45, 7) is 2.93. The van der Waals surface area contributed by atoms with E-state index < -0.39 is 11.6 Å². The Morgan fingerprint density at radius 2 is 2.03 bits per heavy atom. The lowest BCUT2D eigenvalue weighted by Crippen LogP contribution is -2.42. The number of hydrogen-bond donors (Lipinski definition) is 1. The number of benzene rings is 2. The molecule has 1 aliphatic rings. The molecule has 1 aliphatic heterocycles. The molecule has 0 bridgehead atoms. The van der Waals surface area contributed by atoms with Crippen LogP contribution in [0.25, 0.3) is 11.1 Å². The van der Waals surface area contributed by atoms with E-state index in [1.165, 1.54) is 12.1 Å². The summed E-state index contributed by atoms with van der Waals surface area (Å²) in [5.41, 5.74) is 2.17. The van der Waals surface area contributed by atoms with Crippen LogP contribution in [-0.2, 0) is 17.9 Å². The van der Waals surface area contributed by atoms with Crippen LogP contribution in [-0.4, -0.2) is 23.9 Å². The predicted octanol–water partition coefficient (Wildman–Crippen LogP) is 5.22. The van der Waals surface area contributed by atoms with Crippen molar-refractivity contribution in [3.8, 4) is 11.1 Å². The van der Waals surface area contributed by atoms with Gasteiger partial charge in [0.1, 0.15) is 11.6 Å². The number of piperidine rings is 1. The van der Waals surface area contributed by atoms with Crippen LogP contribution in [0.3, 0.4) is 0 Å². The average Bonchev–Trinajstić information content (AvgIpc) is 3.26. The molecule has 1 aromatic heterocycles. The van der Waals surface area contributed by atoms with E-state index in [1.807, 2.05) is 41.8 Å². The first kappa shape index (κ1) is 20.7. The zero-order chi connectivity index (χ0) is 20.9. The summed E-state index contributed by atoms with van der Waals surface area (Å²) >= 11 is 1.64. The number of hydrogen-bond acceptors (Lipinski definition) is 3. The van der Waals surface area contributed by atoms with E-state index in [4.69, 9.17) is 0 Å². The molecular weight excluding hydrogens is 402 g/mol. The van der Waals surface area contributed by atoms with Crippen molar-refractivity contribution in [3.63, 3.8) is 0 Å². The maximum absolute atomic E-state index is 14.1. The number of halogens is 2. The fourth-order valence-corrected chi connectivity index (χ4v) is 4.61. The van der Waals surface area contributed by atoms with Gasteiger partial charge in [0.15, 0.2) is 0 Å². The van der Waals surface area contributed by atoms with Crippen LogP contribution in [0.5, 0.6) is 0 Å². The molecule has 156 valence electrons. The molecule has 1 saturated heterocycles. The van der Waals surface area contributed by atoms with Crippen molar-refractivity contribution in [3.05, 3.63) is 82.1 Å². The minimum absolute atomic E-state index is 0.0172. The first-order valence-electron chi connectivity index (χ1n) is 10.2. The van der Waals surface area contributed by atoms with Gasteiger partial charge in [0.2, 0.25) is 5.91 Å². The molecule has 0 saturated carbocycles. The Kier molecular flexibility index (Phi) is 6.55. The minimum atomic E-state index is -0.580. The summed E-state index contributed by atoms with van der Waals surface area (Å²) < 4.78 is 27.4. The van der Waals surface area contributed by atoms with Crippen LogP contribution in [0, 0.1) is 17.6 Å². The standard InChI is InChI=1S/C24H24F2N2OS/c25-20-8-9-22(23(26)13-20)18-5-1-4-17(12-18)15-28-10-2-6-19(16-28)24(29)27-14-21-7-3-11-30-21/h1,3-5,7-9,11-13,19H,2,6,10,14-16H2,(H,27,29). The lowest BCUT2D eigenvalue weighted by atomic mass is 9.96. The van der Waals surface area contributed by atoms with Crippen molar-refractivity contribution in [2.45, 2.75) is 25.9 Å². The van der Waals surface area contributed by atoms with Gasteiger partial charge in [0.25, 0.3) is 0 Å². The lowest BCUT2D eigenvalue weighted by Gasteiger charge is -2.32. The van der Waals surface area contributed by atoms with Crippen molar-refractivity contribution in [1.82, 2.24) is 10.2 Å². The van der Waals surface area contributed by atoms with E-state index in [0.29, 0.717) is 25.2 Å². The van der Waals surface area contributed by atoms with Crippen LogP contribution in [0.1, 0.15) is 23.3 Å². The maximum Gasteiger partial charge on any atom is 0.224 e. The van der Waals surface area contributed by atoms with Gasteiger partial charge in [-0.15, -0.1) is 11.3 Å². The molecule has 6 heteroatoms. The third kappa shape index (κ3) is 5.12. The van der Waals surface area contributed by atoms with Gasteiger partial charge in [-0.1, -0.05) is 24.3 Å². The molecule has 1 amide bonds. The quantitative estimate of drug-likeness (QED) is 0.586. The molecule has 1 unspecified atom stereocenters. The first-order chi connectivity index (χ1) is 14.6. The second-order valence-corrected chi connectivity index (χ2v) is 8.73. The Hall–Kier alpha value is -2.57. The lowest BCUT2D eigenvalue weighted by molar-refractivity contribution is -0.126. The molecule has 3 aromatic rings. The van der Waals surface area contributed by atoms with Crippen LogP contribution in [0.2, 0.25) is 0 Å². The van der Waals surface area contributed by atoms with Gasteiger partial charge in [-0.2, -0.15) is 0 Å². The van der Waals surface area contributed by atoms with Crippen molar-refractivity contribution in [1.29, 1.82) is 0 Å². The molecule has 2 aromatic carbocycles. The number of rotatable bonds is 6. The first-order valence-corrected chi connectivity index (χ1v) is 11.0.